The summed E-state index contributed by atoms with van der Waals surface area (Å²) >= 11 is 0. The van der Waals surface area contributed by atoms with E-state index in [1.54, 1.807) is 6.20 Å². The van der Waals surface area contributed by atoms with Gasteiger partial charge in [0.2, 0.25) is 6.33 Å². The number of H-pyrrole nitrogens is 1. The first-order valence-electron chi connectivity index (χ1n) is 4.57. The molecule has 1 radical (unpaired) electrons. The zero-order chi connectivity index (χ0) is 10.1. The number of pyridine rings is 1. The number of nitrogens with zero attached hydrogens (tertiary/aromatic N) is 3. The van der Waals surface area contributed by atoms with Crippen molar-refractivity contribution in [2.75, 3.05) is 0 Å². The van der Waals surface area contributed by atoms with Crippen LogP contribution in [0, 0.1) is 6.33 Å². The van der Waals surface area contributed by atoms with Crippen LogP contribution in [0.3, 0.4) is 0 Å². The molecule has 0 aliphatic carbocycles. The van der Waals surface area contributed by atoms with Gasteiger partial charge in [0.25, 0.3) is 0 Å². The number of fused-ring (bicyclic) bond motifs is 1. The van der Waals surface area contributed by atoms with Gasteiger partial charge in [0.1, 0.15) is 0 Å². The molecule has 71 valence electrons. The van der Waals surface area contributed by atoms with Crippen LogP contribution in [0.5, 0.6) is 0 Å². The summed E-state index contributed by atoms with van der Waals surface area (Å²) in [6.07, 6.45) is 4.27. The third kappa shape index (κ3) is 1.36. The fourth-order valence-corrected chi connectivity index (χ4v) is 1.51. The van der Waals surface area contributed by atoms with Gasteiger partial charge in [-0.15, -0.1) is 5.10 Å². The second-order valence-corrected chi connectivity index (χ2v) is 3.20. The minimum Gasteiger partial charge on any atom is -0.258 e. The number of benzene rings is 1. The Morgan fingerprint density at radius 1 is 1.20 bits per heavy atom. The Kier molecular flexibility index (Phi) is 1.71. The highest BCUT2D eigenvalue weighted by Crippen LogP contribution is 2.18. The van der Waals surface area contributed by atoms with Crippen molar-refractivity contribution in [2.24, 2.45) is 0 Å². The molecule has 0 atom stereocenters. The van der Waals surface area contributed by atoms with Crippen LogP contribution in [0.25, 0.3) is 22.3 Å². The van der Waals surface area contributed by atoms with Crippen LogP contribution in [0.15, 0.2) is 36.5 Å². The van der Waals surface area contributed by atoms with Crippen molar-refractivity contribution < 1.29 is 0 Å². The molecule has 0 unspecified atom stereocenters. The van der Waals surface area contributed by atoms with Crippen LogP contribution in [0.1, 0.15) is 0 Å². The number of hydrogen-bond donors (Lipinski definition) is 1. The Hall–Kier alpha value is -2.23. The minimum atomic E-state index is 0.688. The summed E-state index contributed by atoms with van der Waals surface area (Å²) in [5, 5.41) is 7.54. The summed E-state index contributed by atoms with van der Waals surface area (Å²) in [5.41, 5.74) is 1.90. The largest absolute Gasteiger partial charge is 0.258 e. The Morgan fingerprint density at radius 2 is 2.13 bits per heavy atom. The normalized spacial score (nSPS) is 10.7. The van der Waals surface area contributed by atoms with E-state index in [-0.39, 0.29) is 0 Å². The third-order valence-electron chi connectivity index (χ3n) is 2.24. The van der Waals surface area contributed by atoms with Gasteiger partial charge in [-0.05, 0) is 12.1 Å². The van der Waals surface area contributed by atoms with Crippen LogP contribution in [0.2, 0.25) is 0 Å². The van der Waals surface area contributed by atoms with Gasteiger partial charge in [-0.2, -0.15) is 0 Å². The zero-order valence-electron chi connectivity index (χ0n) is 7.81. The monoisotopic (exact) mass is 195 g/mol. The maximum absolute atomic E-state index is 4.34. The topological polar surface area (TPSA) is 54.5 Å². The van der Waals surface area contributed by atoms with E-state index in [1.165, 1.54) is 0 Å². The first-order chi connectivity index (χ1) is 7.43. The predicted octanol–water partition coefficient (Wildman–Crippen LogP) is 1.82. The van der Waals surface area contributed by atoms with E-state index in [0.29, 0.717) is 5.82 Å². The van der Waals surface area contributed by atoms with Gasteiger partial charge >= 0.3 is 0 Å². The molecule has 15 heavy (non-hydrogen) atoms. The van der Waals surface area contributed by atoms with Crippen molar-refractivity contribution in [3.05, 3.63) is 42.9 Å². The number of rotatable bonds is 1. The number of nitrogens with one attached hydrogen (secondary N) is 1. The van der Waals surface area contributed by atoms with Gasteiger partial charge in [0, 0.05) is 17.1 Å². The van der Waals surface area contributed by atoms with E-state index in [4.69, 9.17) is 0 Å². The summed E-state index contributed by atoms with van der Waals surface area (Å²) in [7, 11) is 0. The molecule has 0 amide bonds. The van der Waals surface area contributed by atoms with Crippen LogP contribution < -0.4 is 0 Å². The van der Waals surface area contributed by atoms with Crippen molar-refractivity contribution in [1.29, 1.82) is 0 Å². The maximum Gasteiger partial charge on any atom is 0.221 e. The van der Waals surface area contributed by atoms with Crippen molar-refractivity contribution in [1.82, 2.24) is 20.2 Å². The van der Waals surface area contributed by atoms with Crippen LogP contribution >= 0.6 is 0 Å². The molecule has 1 aromatic carbocycles. The molecule has 1 N–H and O–H groups in total. The molecule has 0 saturated carbocycles. The molecule has 4 nitrogen and oxygen atoms in total. The van der Waals surface area contributed by atoms with Crippen LogP contribution in [-0.2, 0) is 0 Å². The zero-order valence-corrected chi connectivity index (χ0v) is 7.81. The molecule has 2 aromatic heterocycles. The lowest BCUT2D eigenvalue weighted by Crippen LogP contribution is -1.84. The Bertz CT molecular complexity index is 586. The number of hydrogen-bond acceptors (Lipinski definition) is 3. The Morgan fingerprint density at radius 3 is 3.00 bits per heavy atom. The first-order valence-corrected chi connectivity index (χ1v) is 4.57. The van der Waals surface area contributed by atoms with E-state index in [9.17, 15) is 0 Å². The van der Waals surface area contributed by atoms with E-state index in [1.807, 2.05) is 30.3 Å². The molecule has 0 spiro atoms. The van der Waals surface area contributed by atoms with Gasteiger partial charge < -0.3 is 0 Å². The molecule has 3 rings (SSSR count). The molecule has 0 aliphatic heterocycles. The van der Waals surface area contributed by atoms with Gasteiger partial charge in [0.05, 0.1) is 5.52 Å². The second kappa shape index (κ2) is 3.16. The van der Waals surface area contributed by atoms with Gasteiger partial charge in [-0.1, -0.05) is 18.2 Å². The molecule has 4 heteroatoms. The average molecular weight is 195 g/mol. The van der Waals surface area contributed by atoms with Gasteiger partial charge in [0.15, 0.2) is 5.82 Å². The summed E-state index contributed by atoms with van der Waals surface area (Å²) in [4.78, 5) is 8.30. The lowest BCUT2D eigenvalue weighted by molar-refractivity contribution is 1.09. The lowest BCUT2D eigenvalue weighted by atomic mass is 10.1. The van der Waals surface area contributed by atoms with Crippen molar-refractivity contribution in [3.8, 4) is 11.4 Å². The molecule has 2 heterocycles. The molecule has 0 fully saturated rings. The molecular weight excluding hydrogens is 188 g/mol. The lowest BCUT2D eigenvalue weighted by Gasteiger charge is -1.98. The van der Waals surface area contributed by atoms with Crippen LogP contribution in [-0.4, -0.2) is 20.2 Å². The predicted molar refractivity (Wildman–Crippen MR) is 56.0 cm³/mol. The van der Waals surface area contributed by atoms with Gasteiger partial charge in [-0.25, -0.2) is 4.98 Å². The number of aromatic nitrogens is 4. The minimum absolute atomic E-state index is 0.688. The number of aromatic amines is 1. The van der Waals surface area contributed by atoms with Crippen molar-refractivity contribution in [3.63, 3.8) is 0 Å². The molecule has 3 aromatic rings. The highest BCUT2D eigenvalue weighted by molar-refractivity contribution is 5.82. The fraction of sp³-hybridized carbons (Fsp3) is 0. The summed E-state index contributed by atoms with van der Waals surface area (Å²) in [6.45, 7) is 0. The Labute approximate surface area is 86.0 Å². The fourth-order valence-electron chi connectivity index (χ4n) is 1.51. The highest BCUT2D eigenvalue weighted by atomic mass is 15.2. The summed E-state index contributed by atoms with van der Waals surface area (Å²) in [5.74, 6) is 0.688. The second-order valence-electron chi connectivity index (χ2n) is 3.20. The van der Waals surface area contributed by atoms with Crippen molar-refractivity contribution >= 4 is 10.9 Å². The van der Waals surface area contributed by atoms with E-state index in [0.717, 1.165) is 16.5 Å². The molecule has 0 bridgehead atoms. The number of para-hydroxylation sites is 1. The van der Waals surface area contributed by atoms with E-state index < -0.39 is 0 Å². The standard InChI is InChI=1S/C11H7N4/c1-2-4-10-8(3-1)5-9(6-12-10)11-13-7-14-15-11/h1-6H,(H,13,14,15). The van der Waals surface area contributed by atoms with E-state index >= 15 is 0 Å². The molecular formula is C11H7N4. The highest BCUT2D eigenvalue weighted by Gasteiger charge is 2.02. The summed E-state index contributed by atoms with van der Waals surface area (Å²) < 4.78 is 0. The quantitative estimate of drug-likeness (QED) is 0.644. The SMILES string of the molecule is [c]1n[nH]c(-c2cnc3ccccc3c2)n1. The maximum atomic E-state index is 4.34. The van der Waals surface area contributed by atoms with Gasteiger partial charge in [-0.3, -0.25) is 10.1 Å². The smallest absolute Gasteiger partial charge is 0.221 e. The summed E-state index contributed by atoms with van der Waals surface area (Å²) in [6, 6.07) is 9.98. The van der Waals surface area contributed by atoms with E-state index in [2.05, 4.69) is 26.5 Å². The molecule has 0 aliphatic rings. The van der Waals surface area contributed by atoms with Crippen molar-refractivity contribution in [2.45, 2.75) is 0 Å². The Balaban J connectivity index is 2.22. The average Bonchev–Trinajstić information content (AvgIpc) is 2.82. The van der Waals surface area contributed by atoms with Crippen LogP contribution in [0.4, 0.5) is 0 Å². The molecule has 0 saturated heterocycles. The third-order valence-corrected chi connectivity index (χ3v) is 2.24. The first kappa shape index (κ1) is 8.11.